The molecular weight excluding hydrogens is 172 g/mol. The number of aliphatic hydroxyl groups is 2. The summed E-state index contributed by atoms with van der Waals surface area (Å²) in [6.07, 6.45) is 0.0926. The van der Waals surface area contributed by atoms with E-state index in [1.807, 2.05) is 0 Å². The number of aliphatic hydroxyl groups excluding tert-OH is 2. The van der Waals surface area contributed by atoms with Crippen LogP contribution in [0.25, 0.3) is 0 Å². The second kappa shape index (κ2) is 3.81. The van der Waals surface area contributed by atoms with Gasteiger partial charge in [-0.3, -0.25) is 0 Å². The van der Waals surface area contributed by atoms with Gasteiger partial charge in [-0.25, -0.2) is 0 Å². The molecule has 0 bridgehead atoms. The third-order valence-corrected chi connectivity index (χ3v) is 1.55. The molecule has 0 aromatic heterocycles. The van der Waals surface area contributed by atoms with Gasteiger partial charge in [0.05, 0.1) is 0 Å². The summed E-state index contributed by atoms with van der Waals surface area (Å²) >= 11 is 0. The molecule has 13 heavy (non-hydrogen) atoms. The first-order valence-electron chi connectivity index (χ1n) is 3.53. The molecule has 0 heterocycles. The third kappa shape index (κ3) is 1.90. The van der Waals surface area contributed by atoms with Crippen molar-refractivity contribution >= 4 is 0 Å². The summed E-state index contributed by atoms with van der Waals surface area (Å²) in [6, 6.07) is 4.35. The smallest absolute Gasteiger partial charge is 0.293 e. The van der Waals surface area contributed by atoms with Gasteiger partial charge >= 0.3 is 0 Å². The number of hydrogen-bond donors (Lipinski definition) is 3. The lowest BCUT2D eigenvalue weighted by atomic mass is 10.1. The van der Waals surface area contributed by atoms with Gasteiger partial charge in [0.1, 0.15) is 17.4 Å². The molecule has 5 N–H and O–H groups in total. The van der Waals surface area contributed by atoms with Gasteiger partial charge < -0.3 is 20.4 Å². The maximum atomic E-state index is 9.26. The molecule has 0 aliphatic heterocycles. The fourth-order valence-electron chi connectivity index (χ4n) is 1.01. The number of aromatic hydroxyl groups is 1. The largest absolute Gasteiger partial charge is 0.507 e. The Bertz CT molecular complexity index is 360. The lowest BCUT2D eigenvalue weighted by Crippen LogP contribution is -1.98. The monoisotopic (exact) mass is 181 g/mol. The third-order valence-electron chi connectivity index (χ3n) is 1.55. The Balaban J connectivity index is 3.31. The number of phenols is 1. The summed E-state index contributed by atoms with van der Waals surface area (Å²) in [7, 11) is 0. The number of hydrogen-bond acceptors (Lipinski definition) is 3. The van der Waals surface area contributed by atoms with Crippen molar-refractivity contribution in [1.82, 2.24) is 0 Å². The van der Waals surface area contributed by atoms with Crippen molar-refractivity contribution in [1.29, 1.82) is 0 Å². The predicted molar refractivity (Wildman–Crippen MR) is 45.5 cm³/mol. The highest BCUT2D eigenvalue weighted by Crippen LogP contribution is 2.25. The maximum absolute atomic E-state index is 9.26. The predicted octanol–water partition coefficient (Wildman–Crippen LogP) is -0.211. The molecule has 68 valence electrons. The van der Waals surface area contributed by atoms with Crippen molar-refractivity contribution in [3.63, 3.8) is 0 Å². The summed E-state index contributed by atoms with van der Waals surface area (Å²) in [5.74, 6) is 2.06. The van der Waals surface area contributed by atoms with Gasteiger partial charge in [0.15, 0.2) is 0 Å². The number of benzene rings is 1. The molecule has 0 amide bonds. The van der Waals surface area contributed by atoms with Crippen molar-refractivity contribution in [3.8, 4) is 17.8 Å². The van der Waals surface area contributed by atoms with Gasteiger partial charge in [0, 0.05) is 5.56 Å². The van der Waals surface area contributed by atoms with E-state index in [4.69, 9.17) is 15.3 Å². The fraction of sp³-hybridized carbons (Fsp3) is 0.111. The fourth-order valence-corrected chi connectivity index (χ4v) is 1.01. The Kier molecular flexibility index (Phi) is 2.75. The Hall–Kier alpha value is -1.70. The van der Waals surface area contributed by atoms with Crippen LogP contribution in [0.1, 0.15) is 17.4 Å². The Labute approximate surface area is 74.7 Å². The highest BCUT2D eigenvalue weighted by Gasteiger charge is 2.16. The normalized spacial score (nSPS) is 11.5. The first-order chi connectivity index (χ1) is 6.16. The molecular formula is C9H9O4+. The molecule has 0 saturated carbocycles. The van der Waals surface area contributed by atoms with E-state index in [2.05, 4.69) is 5.92 Å². The van der Waals surface area contributed by atoms with Gasteiger partial charge in [0.25, 0.3) is 6.29 Å². The zero-order valence-electron chi connectivity index (χ0n) is 6.65. The summed E-state index contributed by atoms with van der Waals surface area (Å²) in [5, 5.41) is 33.6. The van der Waals surface area contributed by atoms with Crippen LogP contribution < -0.4 is 0 Å². The molecule has 0 fully saturated rings. The SMILES string of the molecule is OC#Cc1cccc(O)c1C(O)[OH2+]. The van der Waals surface area contributed by atoms with Crippen LogP contribution in [0.5, 0.6) is 5.75 Å². The van der Waals surface area contributed by atoms with Gasteiger partial charge in [-0.1, -0.05) is 6.07 Å². The van der Waals surface area contributed by atoms with E-state index in [0.717, 1.165) is 0 Å². The van der Waals surface area contributed by atoms with E-state index >= 15 is 0 Å². The van der Waals surface area contributed by atoms with Gasteiger partial charge in [-0.15, -0.1) is 0 Å². The molecule has 1 unspecified atom stereocenters. The van der Waals surface area contributed by atoms with Crippen LogP contribution in [0, 0.1) is 12.0 Å². The van der Waals surface area contributed by atoms with Crippen LogP contribution in [0.3, 0.4) is 0 Å². The average molecular weight is 181 g/mol. The van der Waals surface area contributed by atoms with Crippen LogP contribution >= 0.6 is 0 Å². The zero-order valence-corrected chi connectivity index (χ0v) is 6.65. The minimum Gasteiger partial charge on any atom is -0.507 e. The first kappa shape index (κ1) is 9.39. The van der Waals surface area contributed by atoms with Gasteiger partial charge in [-0.2, -0.15) is 0 Å². The van der Waals surface area contributed by atoms with Crippen molar-refractivity contribution in [3.05, 3.63) is 29.3 Å². The summed E-state index contributed by atoms with van der Waals surface area (Å²) < 4.78 is 0. The summed E-state index contributed by atoms with van der Waals surface area (Å²) in [6.45, 7) is 0. The van der Waals surface area contributed by atoms with Gasteiger partial charge in [0.2, 0.25) is 0 Å². The van der Waals surface area contributed by atoms with E-state index < -0.39 is 6.29 Å². The minimum atomic E-state index is -1.56. The minimum absolute atomic E-state index is 0.00375. The first-order valence-corrected chi connectivity index (χ1v) is 3.53. The van der Waals surface area contributed by atoms with Crippen molar-refractivity contribution < 1.29 is 20.4 Å². The molecule has 0 saturated heterocycles. The second-order valence-electron chi connectivity index (χ2n) is 2.38. The van der Waals surface area contributed by atoms with E-state index in [9.17, 15) is 5.11 Å². The molecule has 4 heteroatoms. The molecule has 0 radical (unpaired) electrons. The molecule has 0 aliphatic rings. The summed E-state index contributed by atoms with van der Waals surface area (Å²) in [4.78, 5) is 0. The molecule has 4 nitrogen and oxygen atoms in total. The molecule has 1 aromatic rings. The maximum Gasteiger partial charge on any atom is 0.293 e. The van der Waals surface area contributed by atoms with E-state index in [0.29, 0.717) is 0 Å². The van der Waals surface area contributed by atoms with Crippen LogP contribution in [0.4, 0.5) is 0 Å². The average Bonchev–Trinajstić information content (AvgIpc) is 2.04. The van der Waals surface area contributed by atoms with Crippen LogP contribution in [0.15, 0.2) is 18.2 Å². The zero-order chi connectivity index (χ0) is 9.84. The molecule has 1 atom stereocenters. The van der Waals surface area contributed by atoms with Crippen molar-refractivity contribution in [2.24, 2.45) is 0 Å². The van der Waals surface area contributed by atoms with Crippen LogP contribution in [-0.4, -0.2) is 20.4 Å². The van der Waals surface area contributed by atoms with Gasteiger partial charge in [-0.05, 0) is 18.1 Å². The highest BCUT2D eigenvalue weighted by atomic mass is 16.5. The Morgan fingerprint density at radius 1 is 1.38 bits per heavy atom. The molecule has 0 aliphatic carbocycles. The highest BCUT2D eigenvalue weighted by molar-refractivity contribution is 5.48. The number of phenolic OH excluding ortho intramolecular Hbond substituents is 1. The van der Waals surface area contributed by atoms with Crippen molar-refractivity contribution in [2.75, 3.05) is 0 Å². The van der Waals surface area contributed by atoms with E-state index in [-0.39, 0.29) is 16.9 Å². The van der Waals surface area contributed by atoms with Crippen LogP contribution in [0.2, 0.25) is 0 Å². The van der Waals surface area contributed by atoms with E-state index in [1.54, 1.807) is 6.11 Å². The second-order valence-corrected chi connectivity index (χ2v) is 2.38. The number of rotatable bonds is 1. The molecule has 1 aromatic carbocycles. The topological polar surface area (TPSA) is 83.6 Å². The van der Waals surface area contributed by atoms with Crippen molar-refractivity contribution in [2.45, 2.75) is 6.29 Å². The quantitative estimate of drug-likeness (QED) is 0.318. The summed E-state index contributed by atoms with van der Waals surface area (Å²) in [5.41, 5.74) is 0.244. The lowest BCUT2D eigenvalue weighted by Gasteiger charge is -2.04. The lowest BCUT2D eigenvalue weighted by molar-refractivity contribution is -0.0440. The molecule has 0 spiro atoms. The Morgan fingerprint density at radius 2 is 2.08 bits per heavy atom. The van der Waals surface area contributed by atoms with E-state index in [1.165, 1.54) is 18.2 Å². The Morgan fingerprint density at radius 3 is 2.62 bits per heavy atom. The van der Waals surface area contributed by atoms with Crippen LogP contribution in [-0.2, 0) is 0 Å². The standard InChI is InChI=1S/C9H8O4/c10-5-4-6-2-1-3-7(11)8(6)9(12)13/h1-3,9-13H/p+1. The molecule has 1 rings (SSSR count).